The van der Waals surface area contributed by atoms with E-state index in [1.165, 1.54) is 0 Å². The molecule has 1 heterocycles. The first-order valence-corrected chi connectivity index (χ1v) is 17.0. The third-order valence-electron chi connectivity index (χ3n) is 7.87. The molecule has 1 fully saturated rings. The number of carbonyl (C=O) groups is 4. The molecule has 0 bridgehead atoms. The van der Waals surface area contributed by atoms with Crippen LogP contribution in [0, 0.1) is 0 Å². The molecule has 51 heavy (non-hydrogen) atoms. The van der Waals surface area contributed by atoms with Gasteiger partial charge in [-0.25, -0.2) is 0 Å². The number of amides is 4. The second-order valence-corrected chi connectivity index (χ2v) is 12.5. The summed E-state index contributed by atoms with van der Waals surface area (Å²) < 4.78 is 0. The van der Waals surface area contributed by atoms with Gasteiger partial charge in [-0.3, -0.25) is 19.2 Å². The largest absolute Gasteiger partial charge is 0.403 e. The molecule has 1 unspecified atom stereocenters. The first-order chi connectivity index (χ1) is 24.4. The highest BCUT2D eigenvalue weighted by Gasteiger charge is 2.33. The zero-order valence-electron chi connectivity index (χ0n) is 29.7. The van der Waals surface area contributed by atoms with E-state index < -0.39 is 6.04 Å². The van der Waals surface area contributed by atoms with E-state index in [9.17, 15) is 19.2 Å². The predicted octanol–water partition coefficient (Wildman–Crippen LogP) is 6.40. The summed E-state index contributed by atoms with van der Waals surface area (Å²) in [5.74, 6) is -0.694. The van der Waals surface area contributed by atoms with Crippen LogP contribution >= 0.6 is 0 Å². The Morgan fingerprint density at radius 1 is 0.941 bits per heavy atom. The van der Waals surface area contributed by atoms with Gasteiger partial charge >= 0.3 is 0 Å². The Kier molecular flexibility index (Phi) is 15.5. The minimum atomic E-state index is -0.495. The number of carbonyl (C=O) groups excluding carboxylic acids is 4. The summed E-state index contributed by atoms with van der Waals surface area (Å²) in [6, 6.07) is 21.6. The number of allylic oxidation sites excluding steroid dienone is 2. The second kappa shape index (κ2) is 19.9. The predicted molar refractivity (Wildman–Crippen MR) is 208 cm³/mol. The van der Waals surface area contributed by atoms with Gasteiger partial charge in [-0.1, -0.05) is 81.3 Å². The second-order valence-electron chi connectivity index (χ2n) is 12.5. The lowest BCUT2D eigenvalue weighted by Gasteiger charge is -2.24. The molecule has 0 saturated carbocycles. The lowest BCUT2D eigenvalue weighted by atomic mass is 10.1. The van der Waals surface area contributed by atoms with Gasteiger partial charge < -0.3 is 31.9 Å². The molecule has 4 rings (SSSR count). The van der Waals surface area contributed by atoms with Crippen molar-refractivity contribution in [2.24, 2.45) is 5.73 Å². The molecule has 3 aromatic rings. The standard InChI is InChI=1S/C38H43N5O4.C3H7N/c1-4-21-42(36(45)25-30-8-6-9-31(39)24-30)26-35(44)40-32-17-13-28(14-18-32)11-12-29-15-19-33(20-16-29)41-38(47)34-10-7-22-43(34)37(46)23-27(3)5-2;1-3(2)4/h5-6,8-9,11-20,24,34H,2-4,7,10,21-23,25-26,39H2,1H3,(H,40,44)(H,41,47);1,4H2,2H3/b12-11+;. The number of hydrogen-bond donors (Lipinski definition) is 4. The highest BCUT2D eigenvalue weighted by atomic mass is 16.2. The van der Waals surface area contributed by atoms with Gasteiger partial charge in [0, 0.05) is 30.2 Å². The maximum atomic E-state index is 13.0. The van der Waals surface area contributed by atoms with Gasteiger partial charge in [-0.05, 0) is 90.5 Å². The molecule has 0 radical (unpaired) electrons. The summed E-state index contributed by atoms with van der Waals surface area (Å²) in [7, 11) is 0. The minimum Gasteiger partial charge on any atom is -0.403 e. The summed E-state index contributed by atoms with van der Waals surface area (Å²) in [6.07, 6.45) is 7.98. The Hall–Kier alpha value is -5.90. The zero-order chi connectivity index (χ0) is 37.3. The van der Waals surface area contributed by atoms with E-state index in [1.54, 1.807) is 34.9 Å². The highest BCUT2D eigenvalue weighted by Crippen LogP contribution is 2.22. The highest BCUT2D eigenvalue weighted by molar-refractivity contribution is 5.98. The lowest BCUT2D eigenvalue weighted by molar-refractivity contribution is -0.136. The Balaban J connectivity index is 0.00000166. The molecule has 10 heteroatoms. The van der Waals surface area contributed by atoms with Crippen LogP contribution in [0.15, 0.2) is 110 Å². The third kappa shape index (κ3) is 13.5. The normalized spacial score (nSPS) is 13.5. The van der Waals surface area contributed by atoms with Crippen molar-refractivity contribution in [3.63, 3.8) is 0 Å². The summed E-state index contributed by atoms with van der Waals surface area (Å²) in [5, 5.41) is 5.82. The van der Waals surface area contributed by atoms with E-state index in [0.717, 1.165) is 29.5 Å². The van der Waals surface area contributed by atoms with Gasteiger partial charge in [0.1, 0.15) is 6.04 Å². The van der Waals surface area contributed by atoms with Crippen molar-refractivity contribution < 1.29 is 19.2 Å². The molecule has 268 valence electrons. The average Bonchev–Trinajstić information content (AvgIpc) is 3.59. The molecule has 6 N–H and O–H groups in total. The van der Waals surface area contributed by atoms with E-state index in [1.807, 2.05) is 79.7 Å². The van der Waals surface area contributed by atoms with Crippen LogP contribution in [0.1, 0.15) is 56.2 Å². The fourth-order valence-corrected chi connectivity index (χ4v) is 5.40. The van der Waals surface area contributed by atoms with Crippen molar-refractivity contribution in [2.45, 2.75) is 52.0 Å². The molecule has 1 aliphatic rings. The van der Waals surface area contributed by atoms with Gasteiger partial charge in [0.25, 0.3) is 0 Å². The van der Waals surface area contributed by atoms with Crippen molar-refractivity contribution in [2.75, 3.05) is 36.0 Å². The Morgan fingerprint density at radius 3 is 2.08 bits per heavy atom. The first kappa shape index (κ1) is 39.5. The summed E-state index contributed by atoms with van der Waals surface area (Å²) >= 11 is 0. The quantitative estimate of drug-likeness (QED) is 0.0874. The van der Waals surface area contributed by atoms with Crippen LogP contribution in [0.4, 0.5) is 17.1 Å². The topological polar surface area (TPSA) is 151 Å². The summed E-state index contributed by atoms with van der Waals surface area (Å²) in [4.78, 5) is 54.4. The monoisotopic (exact) mass is 690 g/mol. The average molecular weight is 691 g/mol. The molecule has 4 amide bonds. The van der Waals surface area contributed by atoms with Gasteiger partial charge in [-0.15, -0.1) is 0 Å². The SMILES string of the molecule is C=C(C)N.C=CC(=C)CC(=O)N1CCCC1C(=O)Nc1ccc(/C=C/c2ccc(NC(=O)CN(CCC)C(=O)Cc3cccc(N)c3)cc2)cc1. The summed E-state index contributed by atoms with van der Waals surface area (Å²) in [6.45, 7) is 15.5. The summed E-state index contributed by atoms with van der Waals surface area (Å²) in [5.41, 5.74) is 16.7. The lowest BCUT2D eigenvalue weighted by Crippen LogP contribution is -2.43. The zero-order valence-corrected chi connectivity index (χ0v) is 29.7. The smallest absolute Gasteiger partial charge is 0.247 e. The van der Waals surface area contributed by atoms with Gasteiger partial charge in [0.15, 0.2) is 0 Å². The van der Waals surface area contributed by atoms with E-state index in [4.69, 9.17) is 11.5 Å². The third-order valence-corrected chi connectivity index (χ3v) is 7.87. The van der Waals surface area contributed by atoms with Crippen LogP contribution in [0.25, 0.3) is 12.2 Å². The number of anilines is 3. The van der Waals surface area contributed by atoms with Crippen molar-refractivity contribution in [1.82, 2.24) is 9.80 Å². The number of rotatable bonds is 14. The van der Waals surface area contributed by atoms with Crippen LogP contribution in [0.3, 0.4) is 0 Å². The molecule has 1 aliphatic heterocycles. The molecular weight excluding hydrogens is 640 g/mol. The Morgan fingerprint density at radius 2 is 1.53 bits per heavy atom. The van der Waals surface area contributed by atoms with E-state index in [-0.39, 0.29) is 43.0 Å². The first-order valence-electron chi connectivity index (χ1n) is 17.0. The van der Waals surface area contributed by atoms with Gasteiger partial charge in [0.2, 0.25) is 23.6 Å². The maximum Gasteiger partial charge on any atom is 0.247 e. The van der Waals surface area contributed by atoms with Gasteiger partial charge in [-0.2, -0.15) is 0 Å². The number of hydrogen-bond acceptors (Lipinski definition) is 6. The number of nitrogens with two attached hydrogens (primary N) is 2. The molecular formula is C41H50N6O4. The van der Waals surface area contributed by atoms with Crippen LogP contribution in [0.2, 0.25) is 0 Å². The number of benzene rings is 3. The van der Waals surface area contributed by atoms with Crippen molar-refractivity contribution in [3.8, 4) is 0 Å². The van der Waals surface area contributed by atoms with Crippen molar-refractivity contribution >= 4 is 52.8 Å². The maximum absolute atomic E-state index is 13.0. The number of nitrogens with zero attached hydrogens (tertiary/aromatic N) is 2. The van der Waals surface area contributed by atoms with Gasteiger partial charge in [0.05, 0.1) is 19.4 Å². The number of nitrogen functional groups attached to an aromatic ring is 1. The molecule has 10 nitrogen and oxygen atoms in total. The minimum absolute atomic E-state index is 0.0317. The van der Waals surface area contributed by atoms with Crippen LogP contribution in [0.5, 0.6) is 0 Å². The fourth-order valence-electron chi connectivity index (χ4n) is 5.40. The van der Waals surface area contributed by atoms with E-state index in [0.29, 0.717) is 47.8 Å². The van der Waals surface area contributed by atoms with Crippen molar-refractivity contribution in [3.05, 3.63) is 127 Å². The van der Waals surface area contributed by atoms with Crippen LogP contribution in [-0.2, 0) is 25.6 Å². The van der Waals surface area contributed by atoms with E-state index in [2.05, 4.69) is 30.4 Å². The van der Waals surface area contributed by atoms with Crippen LogP contribution < -0.4 is 22.1 Å². The molecule has 0 aromatic heterocycles. The molecule has 0 spiro atoms. The molecule has 1 atom stereocenters. The Labute approximate surface area is 301 Å². The number of likely N-dealkylation sites (tertiary alicyclic amines) is 1. The van der Waals surface area contributed by atoms with Crippen molar-refractivity contribution in [1.29, 1.82) is 0 Å². The van der Waals surface area contributed by atoms with Crippen LogP contribution in [-0.4, -0.2) is 59.1 Å². The number of nitrogens with one attached hydrogen (secondary N) is 2. The molecule has 0 aliphatic carbocycles. The fraction of sp³-hybridized carbons (Fsp3) is 0.268. The van der Waals surface area contributed by atoms with E-state index >= 15 is 0 Å². The molecule has 1 saturated heterocycles. The Bertz CT molecular complexity index is 1730. The molecule has 3 aromatic carbocycles.